The minimum Gasteiger partial charge on any atom is -0.480 e. The van der Waals surface area contributed by atoms with Crippen molar-refractivity contribution >= 4 is 23.4 Å². The van der Waals surface area contributed by atoms with Gasteiger partial charge in [0.15, 0.2) is 0 Å². The van der Waals surface area contributed by atoms with Gasteiger partial charge in [-0.05, 0) is 12.5 Å². The molecule has 0 saturated heterocycles. The Kier molecular flexibility index (Phi) is 4.24. The van der Waals surface area contributed by atoms with E-state index in [4.69, 9.17) is 5.11 Å². The molecule has 0 aromatic carbocycles. The Hall–Kier alpha value is -1.63. The van der Waals surface area contributed by atoms with Crippen molar-refractivity contribution in [3.63, 3.8) is 0 Å². The maximum atomic E-state index is 10.8. The molecular weight excluding hydrogens is 232 g/mol. The molecule has 0 saturated carbocycles. The summed E-state index contributed by atoms with van der Waals surface area (Å²) in [7, 11) is 0. The molecule has 1 aromatic rings. The van der Waals surface area contributed by atoms with Crippen LogP contribution in [-0.4, -0.2) is 26.2 Å². The second-order valence-corrected chi connectivity index (χ2v) is 4.20. The number of carboxylic acid groups (broad SMARTS) is 1. The van der Waals surface area contributed by atoms with Gasteiger partial charge in [-0.1, -0.05) is 6.92 Å². The van der Waals surface area contributed by atoms with Crippen molar-refractivity contribution in [2.75, 3.05) is 0 Å². The quantitative estimate of drug-likeness (QED) is 0.482. The summed E-state index contributed by atoms with van der Waals surface area (Å²) in [6.45, 7) is 1.72. The molecular formula is C9H10N2O4S. The average Bonchev–Trinajstić information content (AvgIpc) is 2.25. The van der Waals surface area contributed by atoms with E-state index in [9.17, 15) is 14.9 Å². The summed E-state index contributed by atoms with van der Waals surface area (Å²) in [6, 6.07) is 1.45. The first-order valence-electron chi connectivity index (χ1n) is 4.54. The normalized spacial score (nSPS) is 12.1. The predicted molar refractivity (Wildman–Crippen MR) is 58.5 cm³/mol. The van der Waals surface area contributed by atoms with Crippen LogP contribution in [0.15, 0.2) is 23.4 Å². The molecule has 1 N–H and O–H groups in total. The molecule has 1 aromatic heterocycles. The Bertz CT molecular complexity index is 410. The summed E-state index contributed by atoms with van der Waals surface area (Å²) in [5.41, 5.74) is -0.160. The molecule has 0 spiro atoms. The van der Waals surface area contributed by atoms with E-state index >= 15 is 0 Å². The fourth-order valence-corrected chi connectivity index (χ4v) is 2.03. The summed E-state index contributed by atoms with van der Waals surface area (Å²) in [4.78, 5) is 24.9. The van der Waals surface area contributed by atoms with E-state index in [0.29, 0.717) is 11.3 Å². The average molecular weight is 242 g/mol. The van der Waals surface area contributed by atoms with Gasteiger partial charge in [-0.15, -0.1) is 11.8 Å². The topological polar surface area (TPSA) is 93.3 Å². The second-order valence-electron chi connectivity index (χ2n) is 2.95. The van der Waals surface area contributed by atoms with Gasteiger partial charge >= 0.3 is 11.7 Å². The lowest BCUT2D eigenvalue weighted by Crippen LogP contribution is -2.14. The van der Waals surface area contributed by atoms with Crippen LogP contribution in [0.4, 0.5) is 5.69 Å². The smallest absolute Gasteiger partial charge is 0.316 e. The molecule has 86 valence electrons. The molecule has 0 fully saturated rings. The van der Waals surface area contributed by atoms with Crippen molar-refractivity contribution in [1.82, 2.24) is 4.98 Å². The number of nitrogens with zero attached hydrogens (tertiary/aromatic N) is 2. The number of carboxylic acids is 1. The zero-order chi connectivity index (χ0) is 12.1. The van der Waals surface area contributed by atoms with Crippen molar-refractivity contribution in [3.05, 3.63) is 28.6 Å². The third-order valence-corrected chi connectivity index (χ3v) is 3.29. The van der Waals surface area contributed by atoms with E-state index in [1.54, 1.807) is 6.92 Å². The first kappa shape index (κ1) is 12.4. The van der Waals surface area contributed by atoms with Gasteiger partial charge in [-0.3, -0.25) is 19.9 Å². The number of thioether (sulfide) groups is 1. The van der Waals surface area contributed by atoms with Crippen molar-refractivity contribution in [3.8, 4) is 0 Å². The first-order valence-corrected chi connectivity index (χ1v) is 5.42. The van der Waals surface area contributed by atoms with Gasteiger partial charge in [-0.2, -0.15) is 0 Å². The minimum absolute atomic E-state index is 0.160. The zero-order valence-corrected chi connectivity index (χ0v) is 9.31. The monoisotopic (exact) mass is 242 g/mol. The molecule has 1 unspecified atom stereocenters. The van der Waals surface area contributed by atoms with E-state index < -0.39 is 16.1 Å². The standard InChI is InChI=1S/C9H10N2O4S/c1-2-7(9(12)13)16-8-3-4-10-5-6(8)11(14)15/h3-5,7H,2H2,1H3,(H,12,13). The van der Waals surface area contributed by atoms with Crippen molar-refractivity contribution < 1.29 is 14.8 Å². The largest absolute Gasteiger partial charge is 0.480 e. The van der Waals surface area contributed by atoms with Crippen LogP contribution in [0.1, 0.15) is 13.3 Å². The predicted octanol–water partition coefficient (Wildman–Crippen LogP) is 1.95. The number of carbonyl (C=O) groups is 1. The van der Waals surface area contributed by atoms with Crippen LogP contribution in [0.25, 0.3) is 0 Å². The summed E-state index contributed by atoms with van der Waals surface area (Å²) < 4.78 is 0. The summed E-state index contributed by atoms with van der Waals surface area (Å²) >= 11 is 0.971. The Labute approximate surface area is 95.8 Å². The highest BCUT2D eigenvalue weighted by molar-refractivity contribution is 8.00. The maximum absolute atomic E-state index is 10.8. The molecule has 0 aliphatic heterocycles. The number of aromatic nitrogens is 1. The number of pyridine rings is 1. The molecule has 0 aliphatic carbocycles. The van der Waals surface area contributed by atoms with Crippen LogP contribution in [0.3, 0.4) is 0 Å². The third kappa shape index (κ3) is 2.93. The first-order chi connectivity index (χ1) is 7.56. The third-order valence-electron chi connectivity index (χ3n) is 1.87. The van der Waals surface area contributed by atoms with E-state index in [-0.39, 0.29) is 5.69 Å². The minimum atomic E-state index is -0.974. The van der Waals surface area contributed by atoms with Crippen LogP contribution in [0.2, 0.25) is 0 Å². The van der Waals surface area contributed by atoms with Crippen LogP contribution in [-0.2, 0) is 4.79 Å². The molecule has 1 atom stereocenters. The lowest BCUT2D eigenvalue weighted by Gasteiger charge is -2.08. The molecule has 6 nitrogen and oxygen atoms in total. The van der Waals surface area contributed by atoms with Gasteiger partial charge in [0.2, 0.25) is 0 Å². The number of hydrogen-bond donors (Lipinski definition) is 1. The molecule has 16 heavy (non-hydrogen) atoms. The summed E-state index contributed by atoms with van der Waals surface area (Å²) in [6.07, 6.45) is 2.93. The number of aliphatic carboxylic acids is 1. The van der Waals surface area contributed by atoms with Gasteiger partial charge in [0.25, 0.3) is 0 Å². The van der Waals surface area contributed by atoms with Crippen LogP contribution >= 0.6 is 11.8 Å². The van der Waals surface area contributed by atoms with E-state index in [2.05, 4.69) is 4.98 Å². The number of rotatable bonds is 5. The van der Waals surface area contributed by atoms with Gasteiger partial charge in [0.05, 0.1) is 9.82 Å². The highest BCUT2D eigenvalue weighted by Crippen LogP contribution is 2.32. The highest BCUT2D eigenvalue weighted by Gasteiger charge is 2.22. The van der Waals surface area contributed by atoms with Crippen molar-refractivity contribution in [2.45, 2.75) is 23.5 Å². The zero-order valence-electron chi connectivity index (χ0n) is 8.49. The second kappa shape index (κ2) is 5.45. The lowest BCUT2D eigenvalue weighted by molar-refractivity contribution is -0.388. The molecule has 7 heteroatoms. The van der Waals surface area contributed by atoms with Crippen molar-refractivity contribution in [1.29, 1.82) is 0 Å². The van der Waals surface area contributed by atoms with Crippen LogP contribution < -0.4 is 0 Å². The van der Waals surface area contributed by atoms with Crippen LogP contribution in [0, 0.1) is 10.1 Å². The summed E-state index contributed by atoms with van der Waals surface area (Å²) in [5, 5.41) is 18.8. The highest BCUT2D eigenvalue weighted by atomic mass is 32.2. The molecule has 1 rings (SSSR count). The molecule has 0 amide bonds. The molecule has 0 aliphatic rings. The number of nitro groups is 1. The Balaban J connectivity index is 2.95. The van der Waals surface area contributed by atoms with E-state index in [0.717, 1.165) is 18.0 Å². The SMILES string of the molecule is CCC(Sc1ccncc1[N+](=O)[O-])C(=O)O. The van der Waals surface area contributed by atoms with Gasteiger partial charge in [0, 0.05) is 6.20 Å². The Morgan fingerprint density at radius 2 is 2.44 bits per heavy atom. The lowest BCUT2D eigenvalue weighted by atomic mass is 10.3. The summed E-state index contributed by atoms with van der Waals surface area (Å²) in [5.74, 6) is -0.974. The van der Waals surface area contributed by atoms with E-state index in [1.165, 1.54) is 12.3 Å². The van der Waals surface area contributed by atoms with Gasteiger partial charge in [0.1, 0.15) is 11.4 Å². The van der Waals surface area contributed by atoms with Gasteiger partial charge < -0.3 is 5.11 Å². The fourth-order valence-electron chi connectivity index (χ4n) is 1.07. The number of hydrogen-bond acceptors (Lipinski definition) is 5. The Morgan fingerprint density at radius 3 is 2.94 bits per heavy atom. The van der Waals surface area contributed by atoms with Gasteiger partial charge in [-0.25, -0.2) is 0 Å². The molecule has 0 bridgehead atoms. The maximum Gasteiger partial charge on any atom is 0.316 e. The Morgan fingerprint density at radius 1 is 1.75 bits per heavy atom. The fraction of sp³-hybridized carbons (Fsp3) is 0.333. The molecule has 0 radical (unpaired) electrons. The van der Waals surface area contributed by atoms with Crippen LogP contribution in [0.5, 0.6) is 0 Å². The molecule has 1 heterocycles. The van der Waals surface area contributed by atoms with Crippen molar-refractivity contribution in [2.24, 2.45) is 0 Å². The van der Waals surface area contributed by atoms with E-state index in [1.807, 2.05) is 0 Å².